The normalized spacial score (nSPS) is 12.1. The first-order valence-corrected chi connectivity index (χ1v) is 7.30. The van der Waals surface area contributed by atoms with Gasteiger partial charge >= 0.3 is 0 Å². The summed E-state index contributed by atoms with van der Waals surface area (Å²) in [6, 6.07) is 4.69. The van der Waals surface area contributed by atoms with Crippen molar-refractivity contribution in [3.8, 4) is 0 Å². The van der Waals surface area contributed by atoms with Gasteiger partial charge in [-0.1, -0.05) is 19.9 Å². The third-order valence-corrected chi connectivity index (χ3v) is 3.16. The Morgan fingerprint density at radius 1 is 1.29 bits per heavy atom. The van der Waals surface area contributed by atoms with Crippen molar-refractivity contribution in [3.05, 3.63) is 29.3 Å². The van der Waals surface area contributed by atoms with Crippen molar-refractivity contribution in [1.82, 2.24) is 5.32 Å². The lowest BCUT2D eigenvalue weighted by atomic mass is 10.0. The molecule has 1 rings (SSSR count). The van der Waals surface area contributed by atoms with Gasteiger partial charge in [0.15, 0.2) is 0 Å². The van der Waals surface area contributed by atoms with E-state index in [1.165, 1.54) is 0 Å². The van der Waals surface area contributed by atoms with Crippen molar-refractivity contribution >= 4 is 17.5 Å². The van der Waals surface area contributed by atoms with Crippen molar-refractivity contribution in [3.63, 3.8) is 0 Å². The first-order chi connectivity index (χ1) is 9.85. The molecule has 1 aromatic rings. The SMILES string of the molecule is CCNC(=O)c1ccc(C)c(NC(=O)C(N)CC(C)C)c1. The maximum atomic E-state index is 12.1. The zero-order valence-corrected chi connectivity index (χ0v) is 13.2. The number of nitrogens with one attached hydrogen (secondary N) is 2. The van der Waals surface area contributed by atoms with Gasteiger partial charge in [0.25, 0.3) is 5.91 Å². The van der Waals surface area contributed by atoms with Crippen LogP contribution < -0.4 is 16.4 Å². The van der Waals surface area contributed by atoms with Crippen molar-refractivity contribution < 1.29 is 9.59 Å². The first-order valence-electron chi connectivity index (χ1n) is 7.30. The summed E-state index contributed by atoms with van der Waals surface area (Å²) in [7, 11) is 0. The minimum atomic E-state index is -0.544. The molecule has 116 valence electrons. The van der Waals surface area contributed by atoms with E-state index in [0.717, 1.165) is 5.56 Å². The molecule has 21 heavy (non-hydrogen) atoms. The van der Waals surface area contributed by atoms with Gasteiger partial charge in [0.2, 0.25) is 5.91 Å². The lowest BCUT2D eigenvalue weighted by Gasteiger charge is -2.16. The van der Waals surface area contributed by atoms with Gasteiger partial charge in [0, 0.05) is 17.8 Å². The molecule has 1 unspecified atom stereocenters. The molecule has 0 bridgehead atoms. The van der Waals surface area contributed by atoms with Gasteiger partial charge in [0.05, 0.1) is 6.04 Å². The lowest BCUT2D eigenvalue weighted by Crippen LogP contribution is -2.36. The van der Waals surface area contributed by atoms with Crippen molar-refractivity contribution in [1.29, 1.82) is 0 Å². The van der Waals surface area contributed by atoms with Crippen LogP contribution in [-0.2, 0) is 4.79 Å². The summed E-state index contributed by atoms with van der Waals surface area (Å²) < 4.78 is 0. The summed E-state index contributed by atoms with van der Waals surface area (Å²) >= 11 is 0. The monoisotopic (exact) mass is 291 g/mol. The molecular weight excluding hydrogens is 266 g/mol. The molecule has 0 aromatic heterocycles. The number of hydrogen-bond donors (Lipinski definition) is 3. The quantitative estimate of drug-likeness (QED) is 0.750. The van der Waals surface area contributed by atoms with Crippen LogP contribution in [0, 0.1) is 12.8 Å². The van der Waals surface area contributed by atoms with E-state index in [1.807, 2.05) is 33.8 Å². The average Bonchev–Trinajstić information content (AvgIpc) is 2.40. The smallest absolute Gasteiger partial charge is 0.251 e. The van der Waals surface area contributed by atoms with Crippen LogP contribution in [0.5, 0.6) is 0 Å². The topological polar surface area (TPSA) is 84.2 Å². The van der Waals surface area contributed by atoms with Gasteiger partial charge in [-0.2, -0.15) is 0 Å². The second-order valence-electron chi connectivity index (χ2n) is 5.61. The van der Waals surface area contributed by atoms with Gasteiger partial charge < -0.3 is 16.4 Å². The fourth-order valence-corrected chi connectivity index (χ4v) is 2.00. The molecule has 1 aromatic carbocycles. The molecule has 0 aliphatic heterocycles. The minimum absolute atomic E-state index is 0.153. The fraction of sp³-hybridized carbons (Fsp3) is 0.500. The molecule has 0 saturated carbocycles. The van der Waals surface area contributed by atoms with E-state index in [1.54, 1.807) is 12.1 Å². The molecule has 0 aliphatic rings. The van der Waals surface area contributed by atoms with Gasteiger partial charge in [-0.05, 0) is 43.9 Å². The predicted molar refractivity (Wildman–Crippen MR) is 85.2 cm³/mol. The van der Waals surface area contributed by atoms with E-state index in [2.05, 4.69) is 10.6 Å². The van der Waals surface area contributed by atoms with Crippen LogP contribution >= 0.6 is 0 Å². The molecule has 1 atom stereocenters. The number of anilines is 1. The molecule has 2 amide bonds. The Bertz CT molecular complexity index is 512. The van der Waals surface area contributed by atoms with Crippen LogP contribution in [0.25, 0.3) is 0 Å². The number of benzene rings is 1. The molecule has 0 spiro atoms. The Kier molecular flexibility index (Phi) is 6.37. The van der Waals surface area contributed by atoms with Gasteiger partial charge in [-0.15, -0.1) is 0 Å². The maximum absolute atomic E-state index is 12.1. The van der Waals surface area contributed by atoms with Crippen molar-refractivity contribution in [2.75, 3.05) is 11.9 Å². The Balaban J connectivity index is 2.85. The van der Waals surface area contributed by atoms with E-state index in [9.17, 15) is 9.59 Å². The summed E-state index contributed by atoms with van der Waals surface area (Å²) in [5.41, 5.74) is 7.92. The van der Waals surface area contributed by atoms with Crippen LogP contribution in [0.4, 0.5) is 5.69 Å². The Hall–Kier alpha value is -1.88. The zero-order chi connectivity index (χ0) is 16.0. The summed E-state index contributed by atoms with van der Waals surface area (Å²) in [6.45, 7) is 8.35. The number of carbonyl (C=O) groups excluding carboxylic acids is 2. The summed E-state index contributed by atoms with van der Waals surface area (Å²) in [4.78, 5) is 23.9. The molecule has 4 N–H and O–H groups in total. The third-order valence-electron chi connectivity index (χ3n) is 3.16. The maximum Gasteiger partial charge on any atom is 0.251 e. The highest BCUT2D eigenvalue weighted by molar-refractivity contribution is 5.99. The zero-order valence-electron chi connectivity index (χ0n) is 13.2. The van der Waals surface area contributed by atoms with E-state index in [-0.39, 0.29) is 11.8 Å². The van der Waals surface area contributed by atoms with Crippen LogP contribution in [0.3, 0.4) is 0 Å². The molecule has 0 saturated heterocycles. The Morgan fingerprint density at radius 2 is 1.95 bits per heavy atom. The van der Waals surface area contributed by atoms with Gasteiger partial charge in [0.1, 0.15) is 0 Å². The number of hydrogen-bond acceptors (Lipinski definition) is 3. The van der Waals surface area contributed by atoms with E-state index in [0.29, 0.717) is 30.1 Å². The minimum Gasteiger partial charge on any atom is -0.352 e. The second kappa shape index (κ2) is 7.78. The van der Waals surface area contributed by atoms with Crippen molar-refractivity contribution in [2.45, 2.75) is 40.2 Å². The highest BCUT2D eigenvalue weighted by Crippen LogP contribution is 2.17. The summed E-state index contributed by atoms with van der Waals surface area (Å²) in [6.07, 6.45) is 0.626. The van der Waals surface area contributed by atoms with Crippen molar-refractivity contribution in [2.24, 2.45) is 11.7 Å². The van der Waals surface area contributed by atoms with Gasteiger partial charge in [-0.25, -0.2) is 0 Å². The van der Waals surface area contributed by atoms with E-state index >= 15 is 0 Å². The van der Waals surface area contributed by atoms with Crippen LogP contribution in [0.2, 0.25) is 0 Å². The van der Waals surface area contributed by atoms with E-state index < -0.39 is 6.04 Å². The lowest BCUT2D eigenvalue weighted by molar-refractivity contribution is -0.117. The molecule has 0 heterocycles. The fourth-order valence-electron chi connectivity index (χ4n) is 2.00. The number of rotatable bonds is 6. The van der Waals surface area contributed by atoms with E-state index in [4.69, 9.17) is 5.73 Å². The van der Waals surface area contributed by atoms with Gasteiger partial charge in [-0.3, -0.25) is 9.59 Å². The highest BCUT2D eigenvalue weighted by Gasteiger charge is 2.16. The number of aryl methyl sites for hydroxylation is 1. The largest absolute Gasteiger partial charge is 0.352 e. The number of carbonyl (C=O) groups is 2. The highest BCUT2D eigenvalue weighted by atomic mass is 16.2. The molecule has 0 radical (unpaired) electrons. The molecule has 5 nitrogen and oxygen atoms in total. The molecular formula is C16H25N3O2. The Morgan fingerprint density at radius 3 is 2.52 bits per heavy atom. The first kappa shape index (κ1) is 17.2. The summed E-state index contributed by atoms with van der Waals surface area (Å²) in [5.74, 6) is -0.0205. The molecule has 0 aliphatic carbocycles. The predicted octanol–water partition coefficient (Wildman–Crippen LogP) is 2.06. The third kappa shape index (κ3) is 5.19. The number of amides is 2. The second-order valence-corrected chi connectivity index (χ2v) is 5.61. The number of nitrogens with two attached hydrogens (primary N) is 1. The summed E-state index contributed by atoms with van der Waals surface area (Å²) in [5, 5.41) is 5.54. The van der Waals surface area contributed by atoms with Crippen LogP contribution in [0.15, 0.2) is 18.2 Å². The Labute approximate surface area is 126 Å². The molecule has 5 heteroatoms. The standard InChI is InChI=1S/C16H25N3O2/c1-5-18-15(20)12-7-6-11(4)14(9-12)19-16(21)13(17)8-10(2)3/h6-7,9-10,13H,5,8,17H2,1-4H3,(H,18,20)(H,19,21). The molecule has 0 fully saturated rings. The van der Waals surface area contributed by atoms with Crippen LogP contribution in [-0.4, -0.2) is 24.4 Å². The van der Waals surface area contributed by atoms with Crippen LogP contribution in [0.1, 0.15) is 43.1 Å². The average molecular weight is 291 g/mol.